The summed E-state index contributed by atoms with van der Waals surface area (Å²) in [5, 5.41) is 12.5. The fourth-order valence-corrected chi connectivity index (χ4v) is 3.45. The monoisotopic (exact) mass is 489 g/mol. The number of aryl methyl sites for hydroxylation is 1. The number of hydrogen-bond donors (Lipinski definition) is 1. The summed E-state index contributed by atoms with van der Waals surface area (Å²) in [4.78, 5) is 9.24. The molecule has 0 spiro atoms. The zero-order chi connectivity index (χ0) is 19.1. The van der Waals surface area contributed by atoms with Crippen molar-refractivity contribution in [1.82, 2.24) is 15.1 Å². The molecule has 6 heteroatoms. The predicted octanol–water partition coefficient (Wildman–Crippen LogP) is 3.38. The van der Waals surface area contributed by atoms with Gasteiger partial charge in [0.25, 0.3) is 0 Å². The third kappa shape index (κ3) is 6.21. The van der Waals surface area contributed by atoms with Gasteiger partial charge in [0.2, 0.25) is 0 Å². The van der Waals surface area contributed by atoms with Crippen LogP contribution in [0.4, 0.5) is 0 Å². The molecule has 0 bridgehead atoms. The van der Waals surface area contributed by atoms with Crippen LogP contribution >= 0.6 is 24.0 Å². The lowest BCUT2D eigenvalue weighted by atomic mass is 10.1. The minimum Gasteiger partial charge on any atom is -0.352 e. The van der Waals surface area contributed by atoms with Crippen LogP contribution in [-0.4, -0.2) is 49.0 Å². The molecule has 2 aromatic carbocycles. The molecule has 0 amide bonds. The van der Waals surface area contributed by atoms with Gasteiger partial charge in [-0.2, -0.15) is 5.26 Å². The van der Waals surface area contributed by atoms with Gasteiger partial charge in [0, 0.05) is 46.3 Å². The van der Waals surface area contributed by atoms with E-state index in [4.69, 9.17) is 5.26 Å². The largest absolute Gasteiger partial charge is 0.352 e. The molecule has 1 heterocycles. The highest BCUT2D eigenvalue weighted by molar-refractivity contribution is 14.0. The number of benzene rings is 2. The quantitative estimate of drug-likeness (QED) is 0.407. The lowest BCUT2D eigenvalue weighted by Crippen LogP contribution is -2.52. The SMILES string of the molecule is CN=C(NCc1cccc(C#N)c1)N1CCN(Cc2cccc(C)c2)CC1.I. The standard InChI is InChI=1S/C22H27N5.HI/c1-18-5-3-8-21(13-18)17-26-9-11-27(12-10-26)22(24-2)25-16-20-7-4-6-19(14-20)15-23;/h3-8,13-14H,9-12,16-17H2,1-2H3,(H,24,25);1H. The van der Waals surface area contributed by atoms with E-state index in [1.807, 2.05) is 31.3 Å². The summed E-state index contributed by atoms with van der Waals surface area (Å²) in [6.45, 7) is 7.79. The first kappa shape index (κ1) is 22.2. The molecule has 0 unspecified atom stereocenters. The van der Waals surface area contributed by atoms with E-state index in [2.05, 4.69) is 57.4 Å². The number of nitriles is 1. The number of rotatable bonds is 4. The number of nitrogens with one attached hydrogen (secondary N) is 1. The number of halogens is 1. The molecule has 1 aliphatic heterocycles. The Morgan fingerprint density at radius 1 is 1.07 bits per heavy atom. The minimum absolute atomic E-state index is 0. The Labute approximate surface area is 185 Å². The van der Waals surface area contributed by atoms with Gasteiger partial charge in [0.15, 0.2) is 5.96 Å². The molecule has 0 aliphatic carbocycles. The Morgan fingerprint density at radius 3 is 2.46 bits per heavy atom. The molecule has 1 fully saturated rings. The average Bonchev–Trinajstić information content (AvgIpc) is 2.70. The van der Waals surface area contributed by atoms with Crippen LogP contribution in [0.2, 0.25) is 0 Å². The molecule has 5 nitrogen and oxygen atoms in total. The molecular formula is C22H28IN5. The van der Waals surface area contributed by atoms with Crippen LogP contribution in [0.3, 0.4) is 0 Å². The van der Waals surface area contributed by atoms with Crippen molar-refractivity contribution in [2.24, 2.45) is 4.99 Å². The van der Waals surface area contributed by atoms with Crippen molar-refractivity contribution in [3.63, 3.8) is 0 Å². The van der Waals surface area contributed by atoms with Crippen LogP contribution in [0.1, 0.15) is 22.3 Å². The Balaban J connectivity index is 0.00000280. The molecule has 148 valence electrons. The maximum Gasteiger partial charge on any atom is 0.194 e. The van der Waals surface area contributed by atoms with Gasteiger partial charge in [-0.15, -0.1) is 24.0 Å². The van der Waals surface area contributed by atoms with E-state index < -0.39 is 0 Å². The molecule has 1 saturated heterocycles. The zero-order valence-electron chi connectivity index (χ0n) is 16.6. The first-order chi connectivity index (χ1) is 13.2. The molecular weight excluding hydrogens is 461 g/mol. The Bertz CT molecular complexity index is 835. The molecule has 0 radical (unpaired) electrons. The van der Waals surface area contributed by atoms with Crippen LogP contribution in [0.5, 0.6) is 0 Å². The van der Waals surface area contributed by atoms with Gasteiger partial charge in [-0.05, 0) is 30.2 Å². The van der Waals surface area contributed by atoms with Crippen molar-refractivity contribution in [3.8, 4) is 6.07 Å². The molecule has 0 aromatic heterocycles. The van der Waals surface area contributed by atoms with Crippen molar-refractivity contribution >= 4 is 29.9 Å². The van der Waals surface area contributed by atoms with Crippen molar-refractivity contribution < 1.29 is 0 Å². The number of guanidine groups is 1. The van der Waals surface area contributed by atoms with Crippen LogP contribution in [0.25, 0.3) is 0 Å². The first-order valence-corrected chi connectivity index (χ1v) is 9.40. The van der Waals surface area contributed by atoms with E-state index >= 15 is 0 Å². The summed E-state index contributed by atoms with van der Waals surface area (Å²) < 4.78 is 0. The van der Waals surface area contributed by atoms with Crippen molar-refractivity contribution in [2.75, 3.05) is 33.2 Å². The summed E-state index contributed by atoms with van der Waals surface area (Å²) in [6.07, 6.45) is 0. The van der Waals surface area contributed by atoms with Gasteiger partial charge in [-0.1, -0.05) is 42.0 Å². The van der Waals surface area contributed by atoms with Crippen molar-refractivity contribution in [1.29, 1.82) is 5.26 Å². The smallest absolute Gasteiger partial charge is 0.194 e. The third-order valence-electron chi connectivity index (χ3n) is 4.88. The van der Waals surface area contributed by atoms with Gasteiger partial charge in [-0.25, -0.2) is 0 Å². The van der Waals surface area contributed by atoms with Gasteiger partial charge in [-0.3, -0.25) is 9.89 Å². The Morgan fingerprint density at radius 2 is 1.79 bits per heavy atom. The van der Waals surface area contributed by atoms with E-state index in [0.29, 0.717) is 12.1 Å². The van der Waals surface area contributed by atoms with E-state index in [9.17, 15) is 0 Å². The van der Waals surface area contributed by atoms with Crippen LogP contribution in [0.15, 0.2) is 53.5 Å². The number of nitrogens with zero attached hydrogens (tertiary/aromatic N) is 4. The van der Waals surface area contributed by atoms with E-state index in [1.165, 1.54) is 11.1 Å². The minimum atomic E-state index is 0. The fraction of sp³-hybridized carbons (Fsp3) is 0.364. The van der Waals surface area contributed by atoms with Crippen LogP contribution in [-0.2, 0) is 13.1 Å². The lowest BCUT2D eigenvalue weighted by Gasteiger charge is -2.36. The average molecular weight is 489 g/mol. The Hall–Kier alpha value is -2.11. The number of piperazine rings is 1. The molecule has 3 rings (SSSR count). The summed E-state index contributed by atoms with van der Waals surface area (Å²) in [5.74, 6) is 0.924. The topological polar surface area (TPSA) is 54.7 Å². The van der Waals surface area contributed by atoms with E-state index in [0.717, 1.165) is 44.2 Å². The molecule has 2 aromatic rings. The lowest BCUT2D eigenvalue weighted by molar-refractivity contribution is 0.172. The second-order valence-electron chi connectivity index (χ2n) is 6.97. The first-order valence-electron chi connectivity index (χ1n) is 9.40. The predicted molar refractivity (Wildman–Crippen MR) is 125 cm³/mol. The summed E-state index contributed by atoms with van der Waals surface area (Å²) in [7, 11) is 1.83. The van der Waals surface area contributed by atoms with Gasteiger partial charge in [0.05, 0.1) is 11.6 Å². The maximum atomic E-state index is 9.03. The highest BCUT2D eigenvalue weighted by Crippen LogP contribution is 2.11. The second kappa shape index (κ2) is 11.0. The molecule has 1 aliphatic rings. The zero-order valence-corrected chi connectivity index (χ0v) is 18.9. The van der Waals surface area contributed by atoms with E-state index in [1.54, 1.807) is 0 Å². The molecule has 0 atom stereocenters. The third-order valence-corrected chi connectivity index (χ3v) is 4.88. The fourth-order valence-electron chi connectivity index (χ4n) is 3.45. The van der Waals surface area contributed by atoms with Crippen LogP contribution in [0, 0.1) is 18.3 Å². The summed E-state index contributed by atoms with van der Waals surface area (Å²) in [6, 6.07) is 18.6. The molecule has 0 saturated carbocycles. The summed E-state index contributed by atoms with van der Waals surface area (Å²) >= 11 is 0. The summed E-state index contributed by atoms with van der Waals surface area (Å²) in [5.41, 5.74) is 4.47. The Kier molecular flexibility index (Phi) is 8.74. The second-order valence-corrected chi connectivity index (χ2v) is 6.97. The number of aliphatic imine (C=N–C) groups is 1. The molecule has 28 heavy (non-hydrogen) atoms. The van der Waals surface area contributed by atoms with Crippen LogP contribution < -0.4 is 5.32 Å². The highest BCUT2D eigenvalue weighted by Gasteiger charge is 2.19. The van der Waals surface area contributed by atoms with Crippen molar-refractivity contribution in [2.45, 2.75) is 20.0 Å². The maximum absolute atomic E-state index is 9.03. The van der Waals surface area contributed by atoms with E-state index in [-0.39, 0.29) is 24.0 Å². The number of hydrogen-bond acceptors (Lipinski definition) is 3. The van der Waals surface area contributed by atoms with Gasteiger partial charge < -0.3 is 10.2 Å². The highest BCUT2D eigenvalue weighted by atomic mass is 127. The van der Waals surface area contributed by atoms with Gasteiger partial charge >= 0.3 is 0 Å². The normalized spacial score (nSPS) is 14.9. The van der Waals surface area contributed by atoms with Crippen molar-refractivity contribution in [3.05, 3.63) is 70.8 Å². The van der Waals surface area contributed by atoms with Gasteiger partial charge in [0.1, 0.15) is 0 Å². The molecule has 1 N–H and O–H groups in total.